The van der Waals surface area contributed by atoms with Crippen LogP contribution < -0.4 is 5.32 Å². The van der Waals surface area contributed by atoms with Crippen LogP contribution in [0.5, 0.6) is 0 Å². The van der Waals surface area contributed by atoms with Crippen molar-refractivity contribution in [1.82, 2.24) is 10.2 Å². The third-order valence-corrected chi connectivity index (χ3v) is 6.66. The highest BCUT2D eigenvalue weighted by Gasteiger charge is 2.34. The van der Waals surface area contributed by atoms with E-state index in [1.165, 1.54) is 22.3 Å². The van der Waals surface area contributed by atoms with Gasteiger partial charge in [-0.2, -0.15) is 0 Å². The molecule has 0 bridgehead atoms. The Morgan fingerprint density at radius 2 is 1.62 bits per heavy atom. The summed E-state index contributed by atoms with van der Waals surface area (Å²) >= 11 is 6.20. The lowest BCUT2D eigenvalue weighted by Gasteiger charge is -2.29. The van der Waals surface area contributed by atoms with Gasteiger partial charge in [-0.1, -0.05) is 72.3 Å². The first-order valence-corrected chi connectivity index (χ1v) is 11.1. The molecule has 1 amide bonds. The Balaban J connectivity index is 1.35. The van der Waals surface area contributed by atoms with Crippen LogP contribution in [0.15, 0.2) is 66.7 Å². The minimum atomic E-state index is -1.02. The number of hydrogen-bond donors (Lipinski definition) is 1. The predicted molar refractivity (Wildman–Crippen MR) is 124 cm³/mol. The standard InChI is InChI=1S/C26H23ClN2O3/c1-2-29(15-22-18-10-5-3-8-16(18)17-9-4-6-11-19(17)22)26(31)32-25-24(30)20-12-7-13-23(27)21(20)14-28-25/h3-13,22,25,28H,2,14-15H2,1H3/t25-/m0/s1. The summed E-state index contributed by atoms with van der Waals surface area (Å²) in [6, 6.07) is 21.8. The van der Waals surface area contributed by atoms with Crippen molar-refractivity contribution in [1.29, 1.82) is 0 Å². The van der Waals surface area contributed by atoms with Crippen LogP contribution in [0.4, 0.5) is 4.79 Å². The van der Waals surface area contributed by atoms with Gasteiger partial charge in [0.05, 0.1) is 0 Å². The lowest BCUT2D eigenvalue weighted by atomic mass is 9.96. The zero-order valence-electron chi connectivity index (χ0n) is 17.7. The largest absolute Gasteiger partial charge is 0.422 e. The average molecular weight is 447 g/mol. The molecule has 1 heterocycles. The topological polar surface area (TPSA) is 58.6 Å². The molecule has 3 aromatic carbocycles. The zero-order chi connectivity index (χ0) is 22.2. The molecule has 1 aliphatic heterocycles. The molecule has 32 heavy (non-hydrogen) atoms. The molecule has 3 aromatic rings. The summed E-state index contributed by atoms with van der Waals surface area (Å²) in [6.45, 7) is 3.24. The van der Waals surface area contributed by atoms with Crippen LogP contribution in [0.3, 0.4) is 0 Å². The number of hydrogen-bond acceptors (Lipinski definition) is 4. The van der Waals surface area contributed by atoms with E-state index in [9.17, 15) is 9.59 Å². The third-order valence-electron chi connectivity index (χ3n) is 6.31. The molecular formula is C26H23ClN2O3. The fraction of sp³-hybridized carbons (Fsp3) is 0.231. The van der Waals surface area contributed by atoms with Gasteiger partial charge in [-0.25, -0.2) is 4.79 Å². The molecule has 0 aromatic heterocycles. The lowest BCUT2D eigenvalue weighted by Crippen LogP contribution is -2.47. The highest BCUT2D eigenvalue weighted by Crippen LogP contribution is 2.44. The monoisotopic (exact) mass is 446 g/mol. The first kappa shape index (κ1) is 20.7. The normalized spacial score (nSPS) is 16.8. The quantitative estimate of drug-likeness (QED) is 0.596. The summed E-state index contributed by atoms with van der Waals surface area (Å²) in [4.78, 5) is 27.6. The van der Waals surface area contributed by atoms with Crippen LogP contribution in [-0.4, -0.2) is 36.1 Å². The van der Waals surface area contributed by atoms with E-state index in [0.717, 1.165) is 5.56 Å². The van der Waals surface area contributed by atoms with Crippen LogP contribution in [0.2, 0.25) is 5.02 Å². The van der Waals surface area contributed by atoms with Crippen molar-refractivity contribution in [2.75, 3.05) is 13.1 Å². The fourth-order valence-electron chi connectivity index (χ4n) is 4.68. The SMILES string of the molecule is CCN(CC1c2ccccc2-c2ccccc21)C(=O)O[C@@H]1NCc2c(Cl)cccc2C1=O. The second-order valence-electron chi connectivity index (χ2n) is 8.04. The van der Waals surface area contributed by atoms with Crippen LogP contribution in [0, 0.1) is 0 Å². The van der Waals surface area contributed by atoms with Gasteiger partial charge in [0.15, 0.2) is 0 Å². The number of ketones is 1. The van der Waals surface area contributed by atoms with E-state index < -0.39 is 12.3 Å². The fourth-order valence-corrected chi connectivity index (χ4v) is 4.92. The van der Waals surface area contributed by atoms with Crippen molar-refractivity contribution in [3.63, 3.8) is 0 Å². The molecule has 0 fully saturated rings. The van der Waals surface area contributed by atoms with E-state index in [1.54, 1.807) is 23.1 Å². The van der Waals surface area contributed by atoms with E-state index >= 15 is 0 Å². The number of fused-ring (bicyclic) bond motifs is 4. The average Bonchev–Trinajstić information content (AvgIpc) is 3.13. The number of benzene rings is 3. The summed E-state index contributed by atoms with van der Waals surface area (Å²) in [5.41, 5.74) is 6.05. The van der Waals surface area contributed by atoms with E-state index in [2.05, 4.69) is 29.6 Å². The number of nitrogens with zero attached hydrogens (tertiary/aromatic N) is 1. The van der Waals surface area contributed by atoms with Crippen LogP contribution in [-0.2, 0) is 11.3 Å². The van der Waals surface area contributed by atoms with E-state index in [-0.39, 0.29) is 11.7 Å². The number of Topliss-reactive ketones (excluding diaryl/α,β-unsaturated/α-hetero) is 1. The summed E-state index contributed by atoms with van der Waals surface area (Å²) in [7, 11) is 0. The molecule has 0 radical (unpaired) electrons. The van der Waals surface area contributed by atoms with E-state index in [1.807, 2.05) is 31.2 Å². The van der Waals surface area contributed by atoms with Crippen LogP contribution >= 0.6 is 11.6 Å². The molecule has 5 rings (SSSR count). The number of carbonyl (C=O) groups excluding carboxylic acids is 2. The minimum absolute atomic E-state index is 0.0597. The van der Waals surface area contributed by atoms with E-state index in [0.29, 0.717) is 30.2 Å². The number of ether oxygens (including phenoxy) is 1. The van der Waals surface area contributed by atoms with Gasteiger partial charge in [0, 0.05) is 36.1 Å². The molecule has 162 valence electrons. The van der Waals surface area contributed by atoms with Crippen molar-refractivity contribution in [2.24, 2.45) is 0 Å². The van der Waals surface area contributed by atoms with Gasteiger partial charge in [-0.05, 0) is 40.8 Å². The summed E-state index contributed by atoms with van der Waals surface area (Å²) in [6.07, 6.45) is -1.53. The van der Waals surface area contributed by atoms with Gasteiger partial charge in [0.2, 0.25) is 12.0 Å². The first-order chi connectivity index (χ1) is 15.6. The molecule has 1 N–H and O–H groups in total. The molecular weight excluding hydrogens is 424 g/mol. The summed E-state index contributed by atoms with van der Waals surface area (Å²) < 4.78 is 5.62. The molecule has 6 heteroatoms. The van der Waals surface area contributed by atoms with Crippen LogP contribution in [0.1, 0.15) is 39.9 Å². The minimum Gasteiger partial charge on any atom is -0.422 e. The Morgan fingerprint density at radius 3 is 2.28 bits per heavy atom. The van der Waals surface area contributed by atoms with Crippen molar-refractivity contribution in [3.8, 4) is 11.1 Å². The zero-order valence-corrected chi connectivity index (χ0v) is 18.4. The third kappa shape index (κ3) is 3.48. The predicted octanol–water partition coefficient (Wildman–Crippen LogP) is 5.22. The maximum atomic E-state index is 13.1. The summed E-state index contributed by atoms with van der Waals surface area (Å²) in [5.74, 6) is -0.223. The first-order valence-electron chi connectivity index (χ1n) is 10.8. The molecule has 0 unspecified atom stereocenters. The molecule has 2 aliphatic rings. The number of likely N-dealkylation sites (N-methyl/N-ethyl adjacent to an activating group) is 1. The second kappa shape index (κ2) is 8.41. The number of nitrogens with one attached hydrogen (secondary N) is 1. The molecule has 0 saturated heterocycles. The molecule has 0 saturated carbocycles. The Bertz CT molecular complexity index is 1160. The number of halogens is 1. The number of rotatable bonds is 4. The molecule has 5 nitrogen and oxygen atoms in total. The van der Waals surface area contributed by atoms with Crippen molar-refractivity contribution < 1.29 is 14.3 Å². The molecule has 1 atom stereocenters. The highest BCUT2D eigenvalue weighted by molar-refractivity contribution is 6.32. The van der Waals surface area contributed by atoms with E-state index in [4.69, 9.17) is 16.3 Å². The Hall–Kier alpha value is -3.15. The maximum Gasteiger partial charge on any atom is 0.411 e. The van der Waals surface area contributed by atoms with Gasteiger partial charge in [0.25, 0.3) is 0 Å². The second-order valence-corrected chi connectivity index (χ2v) is 8.45. The maximum absolute atomic E-state index is 13.1. The van der Waals surface area contributed by atoms with Crippen LogP contribution in [0.25, 0.3) is 11.1 Å². The van der Waals surface area contributed by atoms with Gasteiger partial charge < -0.3 is 9.64 Å². The Kier molecular flexibility index (Phi) is 5.45. The number of carbonyl (C=O) groups is 2. The summed E-state index contributed by atoms with van der Waals surface area (Å²) in [5, 5.41) is 3.53. The Morgan fingerprint density at radius 1 is 1.00 bits per heavy atom. The van der Waals surface area contributed by atoms with Gasteiger partial charge >= 0.3 is 6.09 Å². The van der Waals surface area contributed by atoms with Crippen molar-refractivity contribution in [2.45, 2.75) is 25.6 Å². The smallest absolute Gasteiger partial charge is 0.411 e. The highest BCUT2D eigenvalue weighted by atomic mass is 35.5. The lowest BCUT2D eigenvalue weighted by molar-refractivity contribution is 0.0363. The number of amides is 1. The van der Waals surface area contributed by atoms with Crippen molar-refractivity contribution >= 4 is 23.5 Å². The van der Waals surface area contributed by atoms with Crippen molar-refractivity contribution in [3.05, 3.63) is 94.0 Å². The van der Waals surface area contributed by atoms with Gasteiger partial charge in [-0.15, -0.1) is 0 Å². The van der Waals surface area contributed by atoms with Gasteiger partial charge in [0.1, 0.15) is 0 Å². The molecule has 1 aliphatic carbocycles. The molecule has 0 spiro atoms. The Labute approximate surface area is 192 Å². The van der Waals surface area contributed by atoms with Gasteiger partial charge in [-0.3, -0.25) is 10.1 Å².